The summed E-state index contributed by atoms with van der Waals surface area (Å²) in [6.07, 6.45) is 5.90. The molecule has 0 aliphatic carbocycles. The molecule has 0 fully saturated rings. The van der Waals surface area contributed by atoms with E-state index in [1.165, 1.54) is 15.9 Å². The van der Waals surface area contributed by atoms with Crippen molar-refractivity contribution in [2.45, 2.75) is 63.6 Å². The molecule has 3 aromatic carbocycles. The second kappa shape index (κ2) is 17.3. The highest BCUT2D eigenvalue weighted by molar-refractivity contribution is 5.95. The number of rotatable bonds is 16. The smallest absolute Gasteiger partial charge is 0.246 e. The van der Waals surface area contributed by atoms with Gasteiger partial charge in [-0.2, -0.15) is 0 Å². The number of nitrogens with two attached hydrogens (primary N) is 2. The van der Waals surface area contributed by atoms with E-state index in [9.17, 15) is 14.4 Å². The summed E-state index contributed by atoms with van der Waals surface area (Å²) in [6.45, 7) is 4.80. The van der Waals surface area contributed by atoms with Crippen molar-refractivity contribution in [3.05, 3.63) is 108 Å². The van der Waals surface area contributed by atoms with E-state index in [1.807, 2.05) is 98.8 Å². The van der Waals surface area contributed by atoms with E-state index in [-0.39, 0.29) is 24.1 Å². The fourth-order valence-electron chi connectivity index (χ4n) is 5.04. The van der Waals surface area contributed by atoms with Crippen LogP contribution in [0.15, 0.2) is 97.1 Å². The minimum atomic E-state index is -0.844. The van der Waals surface area contributed by atoms with Gasteiger partial charge in [0, 0.05) is 39.0 Å². The van der Waals surface area contributed by atoms with Gasteiger partial charge >= 0.3 is 0 Å². The molecule has 3 amide bonds. The molecule has 0 saturated heterocycles. The van der Waals surface area contributed by atoms with Gasteiger partial charge < -0.3 is 26.6 Å². The SMILES string of the molecule is CN(C(=O)/C=C/CC(C)(C)N)[C@@H](Cc1ccc(-c2ccccc2)cc1)C(=O)N(C)[C@@H](Cc1ccccc1)C(=O)NCCCCN. The minimum absolute atomic E-state index is 0.239. The molecule has 0 aromatic heterocycles. The van der Waals surface area contributed by atoms with E-state index in [2.05, 4.69) is 5.32 Å². The second-order valence-corrected chi connectivity index (χ2v) is 12.3. The Hall–Kier alpha value is -4.27. The maximum atomic E-state index is 14.3. The highest BCUT2D eigenvalue weighted by atomic mass is 16.2. The zero-order valence-electron chi connectivity index (χ0n) is 27.1. The molecule has 3 aromatic rings. The summed E-state index contributed by atoms with van der Waals surface area (Å²) < 4.78 is 0. The number of benzene rings is 3. The minimum Gasteiger partial charge on any atom is -0.354 e. The number of carbonyl (C=O) groups excluding carboxylic acids is 3. The molecule has 0 heterocycles. The van der Waals surface area contributed by atoms with Crippen molar-refractivity contribution in [3.63, 3.8) is 0 Å². The first kappa shape index (κ1) is 35.2. The molecule has 2 atom stereocenters. The van der Waals surface area contributed by atoms with Crippen molar-refractivity contribution in [1.82, 2.24) is 15.1 Å². The third kappa shape index (κ3) is 11.3. The predicted octanol–water partition coefficient (Wildman–Crippen LogP) is 4.33. The van der Waals surface area contributed by atoms with Gasteiger partial charge in [0.15, 0.2) is 0 Å². The van der Waals surface area contributed by atoms with Crippen molar-refractivity contribution < 1.29 is 14.4 Å². The number of nitrogens with one attached hydrogen (secondary N) is 1. The van der Waals surface area contributed by atoms with Gasteiger partial charge in [0.1, 0.15) is 12.1 Å². The normalized spacial score (nSPS) is 12.8. The van der Waals surface area contributed by atoms with Gasteiger partial charge in [0.2, 0.25) is 17.7 Å². The molecular formula is C37H49N5O3. The fraction of sp³-hybridized carbons (Fsp3) is 0.378. The topological polar surface area (TPSA) is 122 Å². The lowest BCUT2D eigenvalue weighted by atomic mass is 9.98. The third-order valence-electron chi connectivity index (χ3n) is 7.81. The molecule has 0 radical (unpaired) electrons. The lowest BCUT2D eigenvalue weighted by Crippen LogP contribution is -2.56. The fourth-order valence-corrected chi connectivity index (χ4v) is 5.04. The second-order valence-electron chi connectivity index (χ2n) is 12.3. The summed E-state index contributed by atoms with van der Waals surface area (Å²) in [6, 6.07) is 26.1. The average molecular weight is 612 g/mol. The molecule has 0 saturated carbocycles. The van der Waals surface area contributed by atoms with Crippen LogP contribution in [-0.2, 0) is 27.2 Å². The summed E-state index contributed by atoms with van der Waals surface area (Å²) in [4.78, 5) is 44.1. The van der Waals surface area contributed by atoms with E-state index < -0.39 is 17.6 Å². The van der Waals surface area contributed by atoms with Crippen LogP contribution in [0.5, 0.6) is 0 Å². The van der Waals surface area contributed by atoms with Crippen molar-refractivity contribution in [3.8, 4) is 11.1 Å². The van der Waals surface area contributed by atoms with Crippen LogP contribution in [0.25, 0.3) is 11.1 Å². The van der Waals surface area contributed by atoms with Crippen LogP contribution in [0.1, 0.15) is 44.2 Å². The van der Waals surface area contributed by atoms with Crippen LogP contribution < -0.4 is 16.8 Å². The van der Waals surface area contributed by atoms with Gasteiger partial charge in [-0.05, 0) is 68.0 Å². The van der Waals surface area contributed by atoms with Gasteiger partial charge in [-0.25, -0.2) is 0 Å². The highest BCUT2D eigenvalue weighted by Crippen LogP contribution is 2.21. The average Bonchev–Trinajstić information content (AvgIpc) is 3.04. The molecule has 0 aliphatic heterocycles. The highest BCUT2D eigenvalue weighted by Gasteiger charge is 2.34. The number of hydrogen-bond acceptors (Lipinski definition) is 5. The number of carbonyl (C=O) groups is 3. The van der Waals surface area contributed by atoms with Crippen molar-refractivity contribution in [1.29, 1.82) is 0 Å². The van der Waals surface area contributed by atoms with Crippen LogP contribution >= 0.6 is 0 Å². The Morgan fingerprint density at radius 2 is 1.33 bits per heavy atom. The molecule has 8 nitrogen and oxygen atoms in total. The number of nitrogens with zero attached hydrogens (tertiary/aromatic N) is 2. The van der Waals surface area contributed by atoms with E-state index in [0.717, 1.165) is 35.1 Å². The molecule has 5 N–H and O–H groups in total. The van der Waals surface area contributed by atoms with Gasteiger partial charge in [0.05, 0.1) is 0 Å². The van der Waals surface area contributed by atoms with Crippen LogP contribution in [0.4, 0.5) is 0 Å². The molecule has 45 heavy (non-hydrogen) atoms. The Labute approximate surface area is 268 Å². The first-order chi connectivity index (χ1) is 21.5. The van der Waals surface area contributed by atoms with E-state index in [1.54, 1.807) is 20.2 Å². The molecule has 0 spiro atoms. The summed E-state index contributed by atoms with van der Waals surface area (Å²) in [7, 11) is 3.28. The monoisotopic (exact) mass is 611 g/mol. The molecule has 240 valence electrons. The molecular weight excluding hydrogens is 562 g/mol. The predicted molar refractivity (Wildman–Crippen MR) is 182 cm³/mol. The number of unbranched alkanes of at least 4 members (excludes halogenated alkanes) is 1. The number of likely N-dealkylation sites (N-methyl/N-ethyl adjacent to an activating group) is 2. The Bertz CT molecular complexity index is 1390. The van der Waals surface area contributed by atoms with Crippen LogP contribution in [0.2, 0.25) is 0 Å². The van der Waals surface area contributed by atoms with Crippen molar-refractivity contribution in [2.24, 2.45) is 11.5 Å². The molecule has 8 heteroatoms. The summed E-state index contributed by atoms with van der Waals surface area (Å²) in [5.41, 5.74) is 15.2. The summed E-state index contributed by atoms with van der Waals surface area (Å²) in [5, 5.41) is 2.99. The Morgan fingerprint density at radius 3 is 1.93 bits per heavy atom. The van der Waals surface area contributed by atoms with Gasteiger partial charge in [0.25, 0.3) is 0 Å². The van der Waals surface area contributed by atoms with Crippen LogP contribution in [0, 0.1) is 0 Å². The Balaban J connectivity index is 1.90. The largest absolute Gasteiger partial charge is 0.354 e. The zero-order chi connectivity index (χ0) is 32.8. The summed E-state index contributed by atoms with van der Waals surface area (Å²) >= 11 is 0. The van der Waals surface area contributed by atoms with Gasteiger partial charge in [-0.3, -0.25) is 14.4 Å². The molecule has 3 rings (SSSR count). The van der Waals surface area contributed by atoms with Crippen LogP contribution in [-0.4, -0.2) is 72.3 Å². The van der Waals surface area contributed by atoms with Crippen molar-refractivity contribution >= 4 is 17.7 Å². The quantitative estimate of drug-likeness (QED) is 0.164. The van der Waals surface area contributed by atoms with E-state index in [0.29, 0.717) is 25.9 Å². The zero-order valence-corrected chi connectivity index (χ0v) is 27.1. The van der Waals surface area contributed by atoms with Gasteiger partial charge in [-0.15, -0.1) is 0 Å². The molecule has 0 bridgehead atoms. The third-order valence-corrected chi connectivity index (χ3v) is 7.81. The van der Waals surface area contributed by atoms with Crippen molar-refractivity contribution in [2.75, 3.05) is 27.2 Å². The first-order valence-electron chi connectivity index (χ1n) is 15.6. The standard InChI is InChI=1S/C37H49N5O3/c1-37(2,39)23-13-18-34(43)41(3)33(27-29-19-21-31(22-20-29)30-16-9-6-10-17-30)36(45)42(4)32(26-28-14-7-5-8-15-28)35(44)40-25-12-11-24-38/h5-10,13-22,32-33H,11-12,23-27,38-39H2,1-4H3,(H,40,44)/b18-13+/t32-,33-/m0/s1. The maximum absolute atomic E-state index is 14.3. The molecule has 0 aliphatic rings. The Morgan fingerprint density at radius 1 is 0.778 bits per heavy atom. The van der Waals surface area contributed by atoms with E-state index in [4.69, 9.17) is 11.5 Å². The number of hydrogen-bond donors (Lipinski definition) is 3. The Kier molecular flexibility index (Phi) is 13.5. The summed E-state index contributed by atoms with van der Waals surface area (Å²) in [5.74, 6) is -0.863. The van der Waals surface area contributed by atoms with Crippen LogP contribution in [0.3, 0.4) is 0 Å². The maximum Gasteiger partial charge on any atom is 0.246 e. The lowest BCUT2D eigenvalue weighted by Gasteiger charge is -2.34. The lowest BCUT2D eigenvalue weighted by molar-refractivity contribution is -0.146. The first-order valence-corrected chi connectivity index (χ1v) is 15.6. The molecule has 0 unspecified atom stereocenters. The van der Waals surface area contributed by atoms with E-state index >= 15 is 0 Å². The number of amides is 3. The van der Waals surface area contributed by atoms with Gasteiger partial charge in [-0.1, -0.05) is 91.0 Å².